The van der Waals surface area contributed by atoms with Gasteiger partial charge in [0.15, 0.2) is 20.9 Å². The Morgan fingerprint density at radius 1 is 0.650 bits per heavy atom. The molecule has 0 aliphatic carbocycles. The monoisotopic (exact) mass is 578 g/mol. The highest BCUT2D eigenvalue weighted by molar-refractivity contribution is 7.93. The van der Waals surface area contributed by atoms with Gasteiger partial charge in [0.05, 0.1) is 14.5 Å². The fourth-order valence-electron chi connectivity index (χ4n) is 4.16. The van der Waals surface area contributed by atoms with E-state index in [0.29, 0.717) is 5.75 Å². The molecule has 4 rings (SSSR count). The average Bonchev–Trinajstić information content (AvgIpc) is 2.90. The molecule has 0 aliphatic rings. The van der Waals surface area contributed by atoms with E-state index in [0.717, 1.165) is 22.6 Å². The van der Waals surface area contributed by atoms with Crippen molar-refractivity contribution in [1.82, 2.24) is 0 Å². The molecule has 0 bridgehead atoms. The Morgan fingerprint density at radius 3 is 1.48 bits per heavy atom. The van der Waals surface area contributed by atoms with Gasteiger partial charge in [0.25, 0.3) is 0 Å². The van der Waals surface area contributed by atoms with E-state index in [-0.39, 0.29) is 21.0 Å². The van der Waals surface area contributed by atoms with Crippen LogP contribution in [0.5, 0.6) is 23.0 Å². The summed E-state index contributed by atoms with van der Waals surface area (Å²) in [6.45, 7) is 11.0. The van der Waals surface area contributed by atoms with Crippen LogP contribution in [0.3, 0.4) is 0 Å². The Bertz CT molecular complexity index is 1620. The molecular formula is C32H34O6S2. The Kier molecular flexibility index (Phi) is 8.26. The maximum Gasteiger partial charge on any atom is 0.187 e. The first-order chi connectivity index (χ1) is 18.7. The molecule has 0 aromatic heterocycles. The molecule has 40 heavy (non-hydrogen) atoms. The van der Waals surface area contributed by atoms with Gasteiger partial charge in [-0.05, 0) is 87.4 Å². The summed E-state index contributed by atoms with van der Waals surface area (Å²) in [6, 6.07) is 27.6. The van der Waals surface area contributed by atoms with E-state index in [1.165, 1.54) is 23.8 Å². The van der Waals surface area contributed by atoms with Crippen LogP contribution < -0.4 is 9.47 Å². The van der Waals surface area contributed by atoms with E-state index < -0.39 is 25.7 Å². The van der Waals surface area contributed by atoms with Crippen molar-refractivity contribution >= 4 is 20.9 Å². The lowest BCUT2D eigenvalue weighted by Gasteiger charge is -2.26. The minimum atomic E-state index is -3.83. The normalized spacial score (nSPS) is 13.1. The minimum Gasteiger partial charge on any atom is -0.457 e. The van der Waals surface area contributed by atoms with Crippen LogP contribution in [-0.4, -0.2) is 21.9 Å². The molecule has 0 heterocycles. The molecule has 4 aromatic carbocycles. The summed E-state index contributed by atoms with van der Waals surface area (Å²) < 4.78 is 58.4. The van der Waals surface area contributed by atoms with Crippen molar-refractivity contribution in [2.45, 2.75) is 61.5 Å². The van der Waals surface area contributed by atoms with Gasteiger partial charge in [-0.25, -0.2) is 12.6 Å². The van der Waals surface area contributed by atoms with E-state index in [9.17, 15) is 17.2 Å². The zero-order valence-electron chi connectivity index (χ0n) is 23.5. The number of ether oxygens (including phenoxy) is 2. The molecule has 1 atom stereocenters. The van der Waals surface area contributed by atoms with Crippen LogP contribution in [0.15, 0.2) is 101 Å². The highest BCUT2D eigenvalue weighted by atomic mass is 32.2. The first-order valence-corrected chi connectivity index (χ1v) is 15.4. The van der Waals surface area contributed by atoms with Gasteiger partial charge in [0, 0.05) is 11.5 Å². The molecule has 0 spiro atoms. The van der Waals surface area contributed by atoms with Crippen molar-refractivity contribution in [2.75, 3.05) is 0 Å². The molecule has 6 nitrogen and oxygen atoms in total. The second-order valence-corrected chi connectivity index (χ2v) is 14.8. The van der Waals surface area contributed by atoms with Crippen molar-refractivity contribution < 1.29 is 26.7 Å². The average molecular weight is 579 g/mol. The molecule has 1 unspecified atom stereocenters. The second kappa shape index (κ2) is 11.2. The van der Waals surface area contributed by atoms with Gasteiger partial charge < -0.3 is 14.0 Å². The smallest absolute Gasteiger partial charge is 0.187 e. The maximum absolute atomic E-state index is 12.9. The van der Waals surface area contributed by atoms with Gasteiger partial charge in [0.2, 0.25) is 0 Å². The molecule has 0 fully saturated rings. The van der Waals surface area contributed by atoms with Crippen LogP contribution in [0.2, 0.25) is 0 Å². The Balaban J connectivity index is 1.51. The molecule has 1 N–H and O–H groups in total. The molecule has 8 heteroatoms. The lowest BCUT2D eigenvalue weighted by Crippen LogP contribution is -2.28. The van der Waals surface area contributed by atoms with Crippen molar-refractivity contribution in [1.29, 1.82) is 0 Å². The fraction of sp³-hybridized carbons (Fsp3) is 0.250. The van der Waals surface area contributed by atoms with Crippen LogP contribution in [0.4, 0.5) is 0 Å². The Morgan fingerprint density at radius 2 is 1.05 bits per heavy atom. The molecule has 0 amide bonds. The minimum absolute atomic E-state index is 0.180. The van der Waals surface area contributed by atoms with Crippen LogP contribution in [-0.2, 0) is 26.3 Å². The van der Waals surface area contributed by atoms with Gasteiger partial charge in [-0.3, -0.25) is 0 Å². The molecular weight excluding hydrogens is 544 g/mol. The van der Waals surface area contributed by atoms with Crippen LogP contribution in [0, 0.1) is 6.92 Å². The third kappa shape index (κ3) is 6.30. The predicted octanol–water partition coefficient (Wildman–Crippen LogP) is 8.06. The van der Waals surface area contributed by atoms with Gasteiger partial charge in [-0.1, -0.05) is 55.8 Å². The fourth-order valence-corrected chi connectivity index (χ4v) is 6.40. The predicted molar refractivity (Wildman–Crippen MR) is 159 cm³/mol. The standard InChI is InChI=1S/C32H34O6S2/c1-22-7-13-25(14-8-22)37-26-15-9-23(10-16-26)32(5,6)24-11-17-27(18-12-24)38-28-19-20-30(29(21-28)39(33)34)40(35,36)31(2,3)4/h7-21H,1-6H3,(H,33,34). The van der Waals surface area contributed by atoms with Crippen molar-refractivity contribution in [3.8, 4) is 23.0 Å². The van der Waals surface area contributed by atoms with Gasteiger partial charge in [0.1, 0.15) is 23.0 Å². The summed E-state index contributed by atoms with van der Waals surface area (Å²) in [6.07, 6.45) is 0. The second-order valence-electron chi connectivity index (χ2n) is 11.2. The molecule has 210 valence electrons. The van der Waals surface area contributed by atoms with Gasteiger partial charge in [-0.15, -0.1) is 0 Å². The number of benzene rings is 4. The molecule has 0 saturated heterocycles. The maximum atomic E-state index is 12.9. The summed E-state index contributed by atoms with van der Waals surface area (Å²) in [5, 5.41) is 0. The van der Waals surface area contributed by atoms with Crippen LogP contribution in [0.25, 0.3) is 0 Å². The lowest BCUT2D eigenvalue weighted by molar-refractivity contribution is 0.477. The van der Waals surface area contributed by atoms with E-state index >= 15 is 0 Å². The van der Waals surface area contributed by atoms with E-state index in [4.69, 9.17) is 9.47 Å². The highest BCUT2D eigenvalue weighted by Gasteiger charge is 2.34. The van der Waals surface area contributed by atoms with Crippen molar-refractivity contribution in [2.24, 2.45) is 0 Å². The van der Waals surface area contributed by atoms with Crippen molar-refractivity contribution in [3.63, 3.8) is 0 Å². The number of rotatable bonds is 8. The van der Waals surface area contributed by atoms with Gasteiger partial charge in [-0.2, -0.15) is 0 Å². The van der Waals surface area contributed by atoms with Crippen molar-refractivity contribution in [3.05, 3.63) is 108 Å². The largest absolute Gasteiger partial charge is 0.457 e. The third-order valence-corrected chi connectivity index (χ3v) is 10.2. The lowest BCUT2D eigenvalue weighted by atomic mass is 9.78. The first-order valence-electron chi connectivity index (χ1n) is 12.8. The zero-order chi connectivity index (χ0) is 29.3. The molecule has 0 aliphatic heterocycles. The van der Waals surface area contributed by atoms with E-state index in [2.05, 4.69) is 26.0 Å². The molecule has 0 radical (unpaired) electrons. The third-order valence-electron chi connectivity index (χ3n) is 6.84. The Hall–Kier alpha value is -3.46. The molecule has 4 aromatic rings. The summed E-state index contributed by atoms with van der Waals surface area (Å²) >= 11 is -2.51. The first kappa shape index (κ1) is 29.5. The van der Waals surface area contributed by atoms with Crippen LogP contribution in [0.1, 0.15) is 51.3 Å². The Labute approximate surface area is 239 Å². The number of aryl methyl sites for hydroxylation is 1. The summed E-state index contributed by atoms with van der Waals surface area (Å²) in [5.74, 6) is 2.33. The summed E-state index contributed by atoms with van der Waals surface area (Å²) in [4.78, 5) is -0.388. The summed E-state index contributed by atoms with van der Waals surface area (Å²) in [7, 11) is -3.83. The van der Waals surface area contributed by atoms with Gasteiger partial charge >= 0.3 is 0 Å². The van der Waals surface area contributed by atoms with Crippen LogP contribution >= 0.6 is 0 Å². The summed E-state index contributed by atoms with van der Waals surface area (Å²) in [5.41, 5.74) is 3.06. The number of hydrogen-bond acceptors (Lipinski definition) is 5. The SMILES string of the molecule is Cc1ccc(Oc2ccc(C(C)(C)c3ccc(Oc4ccc(S(=O)(=O)C(C)(C)C)c(S(=O)O)c4)cc3)cc2)cc1. The number of hydrogen-bond donors (Lipinski definition) is 1. The van der Waals surface area contributed by atoms with E-state index in [1.807, 2.05) is 67.6 Å². The zero-order valence-corrected chi connectivity index (χ0v) is 25.1. The topological polar surface area (TPSA) is 89.9 Å². The number of sulfone groups is 1. The quantitative estimate of drug-likeness (QED) is 0.213. The van der Waals surface area contributed by atoms with E-state index in [1.54, 1.807) is 20.8 Å². The molecule has 0 saturated carbocycles. The highest BCUT2D eigenvalue weighted by Crippen LogP contribution is 2.36.